The monoisotopic (exact) mass is 379 g/mol. The van der Waals surface area contributed by atoms with Crippen molar-refractivity contribution >= 4 is 33.2 Å². The summed E-state index contributed by atoms with van der Waals surface area (Å²) in [6.45, 7) is 0.465. The van der Waals surface area contributed by atoms with E-state index in [1.807, 2.05) is 6.07 Å². The van der Waals surface area contributed by atoms with Crippen LogP contribution in [-0.4, -0.2) is 6.36 Å². The zero-order valence-corrected chi connectivity index (χ0v) is 12.9. The maximum Gasteiger partial charge on any atom is 0.573 e. The molecule has 0 fully saturated rings. The lowest BCUT2D eigenvalue weighted by molar-refractivity contribution is -0.274. The Hall–Kier alpha value is -1.40. The van der Waals surface area contributed by atoms with Gasteiger partial charge in [-0.05, 0) is 51.8 Å². The second-order valence-electron chi connectivity index (χ2n) is 4.17. The van der Waals surface area contributed by atoms with Crippen LogP contribution in [0.15, 0.2) is 46.9 Å². The number of nitrogens with one attached hydrogen (secondary N) is 1. The van der Waals surface area contributed by atoms with Crippen LogP contribution in [0.25, 0.3) is 0 Å². The number of rotatable bonds is 4. The number of anilines is 1. The van der Waals surface area contributed by atoms with Gasteiger partial charge in [0, 0.05) is 21.7 Å². The molecule has 0 saturated carbocycles. The molecule has 0 amide bonds. The van der Waals surface area contributed by atoms with Crippen molar-refractivity contribution in [1.29, 1.82) is 0 Å². The summed E-state index contributed by atoms with van der Waals surface area (Å²) in [5.74, 6) is -0.237. The largest absolute Gasteiger partial charge is 0.573 e. The summed E-state index contributed by atoms with van der Waals surface area (Å²) in [5, 5.41) is 3.77. The number of hydrogen-bond acceptors (Lipinski definition) is 2. The van der Waals surface area contributed by atoms with E-state index in [9.17, 15) is 13.2 Å². The zero-order chi connectivity index (χ0) is 15.5. The first-order chi connectivity index (χ1) is 9.83. The molecular weight excluding hydrogens is 371 g/mol. The van der Waals surface area contributed by atoms with E-state index in [0.717, 1.165) is 15.7 Å². The maximum atomic E-state index is 12.0. The van der Waals surface area contributed by atoms with Gasteiger partial charge >= 0.3 is 6.36 Å². The maximum absolute atomic E-state index is 12.0. The van der Waals surface area contributed by atoms with Crippen LogP contribution in [-0.2, 0) is 6.54 Å². The van der Waals surface area contributed by atoms with Crippen LogP contribution >= 0.6 is 27.5 Å². The predicted octanol–water partition coefficient (Wildman–Crippen LogP) is 5.61. The molecule has 0 aromatic heterocycles. The van der Waals surface area contributed by atoms with Crippen LogP contribution in [0.1, 0.15) is 5.56 Å². The Kier molecular flexibility index (Phi) is 5.00. The highest BCUT2D eigenvalue weighted by molar-refractivity contribution is 9.10. The van der Waals surface area contributed by atoms with Crippen molar-refractivity contribution in [3.05, 3.63) is 57.5 Å². The van der Waals surface area contributed by atoms with Crippen molar-refractivity contribution in [2.24, 2.45) is 0 Å². The van der Waals surface area contributed by atoms with E-state index in [2.05, 4.69) is 26.0 Å². The molecule has 0 bridgehead atoms. The van der Waals surface area contributed by atoms with Crippen molar-refractivity contribution in [1.82, 2.24) is 0 Å². The number of hydrogen-bond donors (Lipinski definition) is 1. The lowest BCUT2D eigenvalue weighted by Crippen LogP contribution is -2.17. The Morgan fingerprint density at radius 1 is 1.10 bits per heavy atom. The lowest BCUT2D eigenvalue weighted by atomic mass is 10.2. The third-order valence-corrected chi connectivity index (χ3v) is 3.46. The normalized spacial score (nSPS) is 11.3. The zero-order valence-electron chi connectivity index (χ0n) is 10.5. The molecule has 0 spiro atoms. The Morgan fingerprint density at radius 3 is 2.33 bits per heavy atom. The minimum absolute atomic E-state index is 0.237. The van der Waals surface area contributed by atoms with E-state index in [1.54, 1.807) is 24.3 Å². The Balaban J connectivity index is 1.97. The summed E-state index contributed by atoms with van der Waals surface area (Å²) in [5.41, 5.74) is 1.67. The average molecular weight is 381 g/mol. The molecule has 2 aromatic carbocycles. The first-order valence-electron chi connectivity index (χ1n) is 5.87. The van der Waals surface area contributed by atoms with E-state index in [0.29, 0.717) is 11.6 Å². The smallest absolute Gasteiger partial charge is 0.406 e. The van der Waals surface area contributed by atoms with Gasteiger partial charge in [0.15, 0.2) is 0 Å². The standard InChI is InChI=1S/C14H10BrClF3NO/c15-12-7-10(16)3-6-13(12)20-8-9-1-4-11(5-2-9)21-14(17,18)19/h1-7,20H,8H2. The highest BCUT2D eigenvalue weighted by Crippen LogP contribution is 2.27. The van der Waals surface area contributed by atoms with Crippen LogP contribution in [0.4, 0.5) is 18.9 Å². The van der Waals surface area contributed by atoms with Gasteiger partial charge in [0.05, 0.1) is 0 Å². The molecule has 7 heteroatoms. The van der Waals surface area contributed by atoms with Crippen molar-refractivity contribution in [3.8, 4) is 5.75 Å². The fourth-order valence-corrected chi connectivity index (χ4v) is 2.46. The molecule has 0 saturated heterocycles. The summed E-state index contributed by atoms with van der Waals surface area (Å²) in [6, 6.07) is 11.0. The van der Waals surface area contributed by atoms with Crippen LogP contribution in [0, 0.1) is 0 Å². The summed E-state index contributed by atoms with van der Waals surface area (Å²) in [6.07, 6.45) is -4.67. The quantitative estimate of drug-likeness (QED) is 0.744. The molecule has 0 aliphatic heterocycles. The number of halogens is 5. The number of ether oxygens (including phenoxy) is 1. The van der Waals surface area contributed by atoms with Crippen LogP contribution in [0.2, 0.25) is 5.02 Å². The first-order valence-corrected chi connectivity index (χ1v) is 7.04. The van der Waals surface area contributed by atoms with Crippen LogP contribution < -0.4 is 10.1 Å². The molecule has 1 N–H and O–H groups in total. The number of alkyl halides is 3. The fourth-order valence-electron chi connectivity index (χ4n) is 1.64. The third-order valence-electron chi connectivity index (χ3n) is 2.57. The second-order valence-corrected chi connectivity index (χ2v) is 5.46. The summed E-state index contributed by atoms with van der Waals surface area (Å²) < 4.78 is 40.7. The summed E-state index contributed by atoms with van der Waals surface area (Å²) >= 11 is 9.21. The molecule has 2 rings (SSSR count). The van der Waals surface area contributed by atoms with Crippen molar-refractivity contribution in [3.63, 3.8) is 0 Å². The van der Waals surface area contributed by atoms with Gasteiger partial charge in [0.1, 0.15) is 5.75 Å². The summed E-state index contributed by atoms with van der Waals surface area (Å²) in [7, 11) is 0. The van der Waals surface area contributed by atoms with Gasteiger partial charge < -0.3 is 10.1 Å². The molecule has 2 aromatic rings. The molecular formula is C14H10BrClF3NO. The van der Waals surface area contributed by atoms with E-state index in [4.69, 9.17) is 11.6 Å². The van der Waals surface area contributed by atoms with Crippen LogP contribution in [0.5, 0.6) is 5.75 Å². The second kappa shape index (κ2) is 6.58. The summed E-state index contributed by atoms with van der Waals surface area (Å²) in [4.78, 5) is 0. The van der Waals surface area contributed by atoms with Crippen LogP contribution in [0.3, 0.4) is 0 Å². The van der Waals surface area contributed by atoms with Gasteiger partial charge in [-0.3, -0.25) is 0 Å². The molecule has 0 aliphatic carbocycles. The molecule has 112 valence electrons. The lowest BCUT2D eigenvalue weighted by Gasteiger charge is -2.11. The Labute approximate surface area is 133 Å². The minimum Gasteiger partial charge on any atom is -0.406 e. The highest BCUT2D eigenvalue weighted by Gasteiger charge is 2.30. The van der Waals surface area contributed by atoms with E-state index < -0.39 is 6.36 Å². The van der Waals surface area contributed by atoms with Gasteiger partial charge in [0.2, 0.25) is 0 Å². The predicted molar refractivity (Wildman–Crippen MR) is 79.6 cm³/mol. The topological polar surface area (TPSA) is 21.3 Å². The van der Waals surface area contributed by atoms with E-state index >= 15 is 0 Å². The molecule has 0 unspecified atom stereocenters. The SMILES string of the molecule is FC(F)(F)Oc1ccc(CNc2ccc(Cl)cc2Br)cc1. The van der Waals surface area contributed by atoms with E-state index in [-0.39, 0.29) is 5.75 Å². The van der Waals surface area contributed by atoms with E-state index in [1.165, 1.54) is 12.1 Å². The molecule has 0 radical (unpaired) electrons. The van der Waals surface area contributed by atoms with Crippen molar-refractivity contribution in [2.45, 2.75) is 12.9 Å². The van der Waals surface area contributed by atoms with Gasteiger partial charge in [-0.15, -0.1) is 13.2 Å². The first kappa shape index (κ1) is 16.0. The third kappa shape index (κ3) is 5.13. The molecule has 2 nitrogen and oxygen atoms in total. The highest BCUT2D eigenvalue weighted by atomic mass is 79.9. The Morgan fingerprint density at radius 2 is 1.76 bits per heavy atom. The van der Waals surface area contributed by atoms with Gasteiger partial charge in [-0.1, -0.05) is 23.7 Å². The van der Waals surface area contributed by atoms with Gasteiger partial charge in [-0.2, -0.15) is 0 Å². The molecule has 21 heavy (non-hydrogen) atoms. The van der Waals surface area contributed by atoms with Gasteiger partial charge in [-0.25, -0.2) is 0 Å². The van der Waals surface area contributed by atoms with Crippen molar-refractivity contribution in [2.75, 3.05) is 5.32 Å². The van der Waals surface area contributed by atoms with Gasteiger partial charge in [0.25, 0.3) is 0 Å². The minimum atomic E-state index is -4.67. The fraction of sp³-hybridized carbons (Fsp3) is 0.143. The number of benzene rings is 2. The average Bonchev–Trinajstić information content (AvgIpc) is 2.38. The molecule has 0 atom stereocenters. The molecule has 0 aliphatic rings. The van der Waals surface area contributed by atoms with Crippen molar-refractivity contribution < 1.29 is 17.9 Å². The Bertz CT molecular complexity index is 617. The molecule has 0 heterocycles.